The molecule has 1 amide bonds. The smallest absolute Gasteiger partial charge is 0.255 e. The number of anilines is 2. The molecule has 5 nitrogen and oxygen atoms in total. The van der Waals surface area contributed by atoms with Gasteiger partial charge in [-0.2, -0.15) is 0 Å². The fourth-order valence-electron chi connectivity index (χ4n) is 1.68. The molecule has 0 bridgehead atoms. The van der Waals surface area contributed by atoms with E-state index in [1.54, 1.807) is 0 Å². The summed E-state index contributed by atoms with van der Waals surface area (Å²) in [5, 5.41) is 2.67. The first-order chi connectivity index (χ1) is 10.2. The van der Waals surface area contributed by atoms with E-state index < -0.39 is 21.7 Å². The Balaban J connectivity index is 2.17. The van der Waals surface area contributed by atoms with Gasteiger partial charge in [-0.25, -0.2) is 12.8 Å². The zero-order chi connectivity index (χ0) is 16.3. The van der Waals surface area contributed by atoms with Crippen molar-refractivity contribution in [3.05, 3.63) is 58.9 Å². The maximum atomic E-state index is 12.8. The van der Waals surface area contributed by atoms with Crippen LogP contribution in [0.4, 0.5) is 15.8 Å². The number of benzene rings is 2. The molecule has 2 rings (SSSR count). The molecule has 0 unspecified atom stereocenters. The molecule has 0 saturated heterocycles. The average Bonchev–Trinajstić information content (AvgIpc) is 2.42. The van der Waals surface area contributed by atoms with Crippen molar-refractivity contribution >= 4 is 38.9 Å². The normalized spacial score (nSPS) is 11.0. The Bertz CT molecular complexity index is 807. The molecule has 0 aromatic heterocycles. The number of rotatable bonds is 4. The van der Waals surface area contributed by atoms with Crippen LogP contribution in [0.2, 0.25) is 5.02 Å². The monoisotopic (exact) mass is 342 g/mol. The molecule has 2 aromatic rings. The van der Waals surface area contributed by atoms with Gasteiger partial charge in [0, 0.05) is 11.3 Å². The zero-order valence-electron chi connectivity index (χ0n) is 11.4. The summed E-state index contributed by atoms with van der Waals surface area (Å²) in [6.45, 7) is 0. The lowest BCUT2D eigenvalue weighted by Gasteiger charge is -2.09. The highest BCUT2D eigenvalue weighted by Crippen LogP contribution is 2.24. The minimum atomic E-state index is -3.46. The predicted octanol–water partition coefficient (Wildman–Crippen LogP) is 3.10. The molecule has 2 aromatic carbocycles. The van der Waals surface area contributed by atoms with Gasteiger partial charge >= 0.3 is 0 Å². The summed E-state index contributed by atoms with van der Waals surface area (Å²) in [6, 6.07) is 9.46. The van der Waals surface area contributed by atoms with E-state index in [-0.39, 0.29) is 16.3 Å². The topological polar surface area (TPSA) is 75.3 Å². The summed E-state index contributed by atoms with van der Waals surface area (Å²) in [7, 11) is -3.46. The van der Waals surface area contributed by atoms with Gasteiger partial charge in [0.05, 0.1) is 17.0 Å². The van der Waals surface area contributed by atoms with Crippen LogP contribution in [0.25, 0.3) is 0 Å². The Morgan fingerprint density at radius 3 is 2.32 bits per heavy atom. The zero-order valence-corrected chi connectivity index (χ0v) is 13.0. The number of halogens is 2. The molecular weight excluding hydrogens is 331 g/mol. The SMILES string of the molecule is CS(=O)(=O)Nc1ccc(C(=O)Nc2ccc(F)cc2)cc1Cl. The highest BCUT2D eigenvalue weighted by atomic mass is 35.5. The maximum Gasteiger partial charge on any atom is 0.255 e. The van der Waals surface area contributed by atoms with Crippen LogP contribution in [-0.4, -0.2) is 20.6 Å². The second-order valence-electron chi connectivity index (χ2n) is 4.53. The van der Waals surface area contributed by atoms with Crippen LogP contribution >= 0.6 is 11.6 Å². The van der Waals surface area contributed by atoms with Gasteiger partial charge in [-0.05, 0) is 42.5 Å². The molecule has 22 heavy (non-hydrogen) atoms. The highest BCUT2D eigenvalue weighted by Gasteiger charge is 2.11. The molecule has 0 saturated carbocycles. The lowest BCUT2D eigenvalue weighted by molar-refractivity contribution is 0.102. The Morgan fingerprint density at radius 2 is 1.77 bits per heavy atom. The molecule has 0 fully saturated rings. The summed E-state index contributed by atoms with van der Waals surface area (Å²) < 4.78 is 37.4. The van der Waals surface area contributed by atoms with Crippen LogP contribution in [0.1, 0.15) is 10.4 Å². The number of nitrogens with one attached hydrogen (secondary N) is 2. The summed E-state index contributed by atoms with van der Waals surface area (Å²) in [5.74, 6) is -0.850. The van der Waals surface area contributed by atoms with E-state index in [4.69, 9.17) is 11.6 Å². The van der Waals surface area contributed by atoms with Crippen molar-refractivity contribution < 1.29 is 17.6 Å². The molecule has 0 radical (unpaired) electrons. The highest BCUT2D eigenvalue weighted by molar-refractivity contribution is 7.92. The summed E-state index contributed by atoms with van der Waals surface area (Å²) in [5.41, 5.74) is 0.858. The van der Waals surface area contributed by atoms with Crippen molar-refractivity contribution in [2.24, 2.45) is 0 Å². The van der Waals surface area contributed by atoms with Gasteiger partial charge in [0.15, 0.2) is 0 Å². The first kappa shape index (κ1) is 16.3. The van der Waals surface area contributed by atoms with E-state index >= 15 is 0 Å². The third-order valence-corrected chi connectivity index (χ3v) is 3.53. The maximum absolute atomic E-state index is 12.8. The van der Waals surface area contributed by atoms with Gasteiger partial charge in [0.1, 0.15) is 5.82 Å². The van der Waals surface area contributed by atoms with E-state index in [1.165, 1.54) is 42.5 Å². The van der Waals surface area contributed by atoms with Gasteiger partial charge < -0.3 is 5.32 Å². The Morgan fingerprint density at radius 1 is 1.14 bits per heavy atom. The van der Waals surface area contributed by atoms with E-state index in [9.17, 15) is 17.6 Å². The van der Waals surface area contributed by atoms with Crippen LogP contribution in [0.5, 0.6) is 0 Å². The molecule has 0 aliphatic rings. The minimum Gasteiger partial charge on any atom is -0.322 e. The molecule has 0 aliphatic carbocycles. The van der Waals surface area contributed by atoms with Crippen molar-refractivity contribution in [2.75, 3.05) is 16.3 Å². The Labute approximate surface area is 132 Å². The average molecular weight is 343 g/mol. The molecule has 0 spiro atoms. The predicted molar refractivity (Wildman–Crippen MR) is 84.3 cm³/mol. The Hall–Kier alpha value is -2.12. The third-order valence-electron chi connectivity index (χ3n) is 2.63. The van der Waals surface area contributed by atoms with Gasteiger partial charge in [-0.15, -0.1) is 0 Å². The minimum absolute atomic E-state index is 0.0946. The van der Waals surface area contributed by atoms with Crippen LogP contribution in [0.3, 0.4) is 0 Å². The van der Waals surface area contributed by atoms with Crippen molar-refractivity contribution in [1.82, 2.24) is 0 Å². The van der Waals surface area contributed by atoms with Crippen LogP contribution in [0.15, 0.2) is 42.5 Å². The molecule has 8 heteroatoms. The first-order valence-corrected chi connectivity index (χ1v) is 8.36. The lowest BCUT2D eigenvalue weighted by atomic mass is 10.2. The lowest BCUT2D eigenvalue weighted by Crippen LogP contribution is -2.13. The molecule has 0 atom stereocenters. The van der Waals surface area contributed by atoms with Crippen LogP contribution in [-0.2, 0) is 10.0 Å². The van der Waals surface area contributed by atoms with Crippen molar-refractivity contribution in [1.29, 1.82) is 0 Å². The second-order valence-corrected chi connectivity index (χ2v) is 6.69. The van der Waals surface area contributed by atoms with Gasteiger partial charge in [-0.1, -0.05) is 11.6 Å². The summed E-state index contributed by atoms with van der Waals surface area (Å²) in [6.07, 6.45) is 0.998. The summed E-state index contributed by atoms with van der Waals surface area (Å²) in [4.78, 5) is 12.0. The fraction of sp³-hybridized carbons (Fsp3) is 0.0714. The molecule has 0 aliphatic heterocycles. The van der Waals surface area contributed by atoms with E-state index in [2.05, 4.69) is 10.0 Å². The second kappa shape index (κ2) is 6.33. The number of hydrogen-bond donors (Lipinski definition) is 2. The van der Waals surface area contributed by atoms with Gasteiger partial charge in [0.25, 0.3) is 5.91 Å². The largest absolute Gasteiger partial charge is 0.322 e. The first-order valence-electron chi connectivity index (χ1n) is 6.09. The van der Waals surface area contributed by atoms with E-state index in [0.29, 0.717) is 5.69 Å². The Kier molecular flexibility index (Phi) is 4.68. The summed E-state index contributed by atoms with van der Waals surface area (Å²) >= 11 is 5.95. The molecular formula is C14H12ClFN2O3S. The fourth-order valence-corrected chi connectivity index (χ4v) is 2.54. The quantitative estimate of drug-likeness (QED) is 0.896. The molecule has 2 N–H and O–H groups in total. The van der Waals surface area contributed by atoms with Gasteiger partial charge in [0.2, 0.25) is 10.0 Å². The molecule has 116 valence electrons. The number of carbonyl (C=O) groups is 1. The number of carbonyl (C=O) groups excluding carboxylic acids is 1. The standard InChI is InChI=1S/C14H12ClFN2O3S/c1-22(20,21)18-13-7-2-9(8-12(13)15)14(19)17-11-5-3-10(16)4-6-11/h2-8,18H,1H3,(H,17,19). The van der Waals surface area contributed by atoms with Crippen molar-refractivity contribution in [3.63, 3.8) is 0 Å². The van der Waals surface area contributed by atoms with Crippen LogP contribution in [0, 0.1) is 5.82 Å². The third kappa shape index (κ3) is 4.44. The van der Waals surface area contributed by atoms with Crippen molar-refractivity contribution in [2.45, 2.75) is 0 Å². The molecule has 0 heterocycles. The van der Waals surface area contributed by atoms with E-state index in [0.717, 1.165) is 6.26 Å². The number of sulfonamides is 1. The van der Waals surface area contributed by atoms with Gasteiger partial charge in [-0.3, -0.25) is 9.52 Å². The number of amides is 1. The van der Waals surface area contributed by atoms with Crippen molar-refractivity contribution in [3.8, 4) is 0 Å². The van der Waals surface area contributed by atoms with Crippen LogP contribution < -0.4 is 10.0 Å². The van der Waals surface area contributed by atoms with E-state index in [1.807, 2.05) is 0 Å². The number of hydrogen-bond acceptors (Lipinski definition) is 3.